The summed E-state index contributed by atoms with van der Waals surface area (Å²) in [4.78, 5) is 55.6. The number of hydrogen-bond acceptors (Lipinski definition) is 6. The number of nitrogens with zero attached hydrogens (tertiary/aromatic N) is 2. The fourth-order valence-corrected chi connectivity index (χ4v) is 8.65. The highest BCUT2D eigenvalue weighted by Gasteiger charge is 2.56. The van der Waals surface area contributed by atoms with Crippen LogP contribution in [-0.2, 0) is 20.9 Å². The van der Waals surface area contributed by atoms with Gasteiger partial charge >= 0.3 is 4.87 Å². The van der Waals surface area contributed by atoms with Gasteiger partial charge in [-0.05, 0) is 60.2 Å². The minimum absolute atomic E-state index is 0.277. The number of rotatable bonds is 5. The van der Waals surface area contributed by atoms with Crippen LogP contribution in [0.3, 0.4) is 0 Å². The number of thioether (sulfide) groups is 1. The van der Waals surface area contributed by atoms with Gasteiger partial charge in [-0.15, -0.1) is 0 Å². The van der Waals surface area contributed by atoms with Crippen molar-refractivity contribution in [2.45, 2.75) is 22.7 Å². The van der Waals surface area contributed by atoms with Gasteiger partial charge in [0.1, 0.15) is 11.8 Å². The zero-order chi connectivity index (χ0) is 29.0. The van der Waals surface area contributed by atoms with Gasteiger partial charge in [0.15, 0.2) is 0 Å². The van der Waals surface area contributed by atoms with Crippen molar-refractivity contribution in [2.24, 2.45) is 5.92 Å². The van der Waals surface area contributed by atoms with Crippen molar-refractivity contribution in [2.75, 3.05) is 10.2 Å². The Morgan fingerprint density at radius 2 is 1.54 bits per heavy atom. The molecule has 41 heavy (non-hydrogen) atoms. The third-order valence-electron chi connectivity index (χ3n) is 6.87. The van der Waals surface area contributed by atoms with Crippen molar-refractivity contribution in [3.8, 4) is 0 Å². The molecule has 3 atom stereocenters. The Hall–Kier alpha value is -2.41. The van der Waals surface area contributed by atoms with Crippen LogP contribution in [0.5, 0.6) is 0 Å². The first kappa shape index (κ1) is 28.7. The largest absolute Gasteiger partial charge is 0.324 e. The summed E-state index contributed by atoms with van der Waals surface area (Å²) in [5, 5.41) is 3.12. The maximum Gasteiger partial charge on any atom is 0.308 e. The molecule has 1 fully saturated rings. The molecule has 0 saturated carbocycles. The van der Waals surface area contributed by atoms with Gasteiger partial charge in [0.2, 0.25) is 17.7 Å². The Labute approximate surface area is 269 Å². The average Bonchev–Trinajstić information content (AvgIpc) is 3.38. The van der Waals surface area contributed by atoms with Crippen molar-refractivity contribution in [1.82, 2.24) is 4.57 Å². The molecule has 3 heterocycles. The Morgan fingerprint density at radius 3 is 2.20 bits per heavy atom. The molecule has 1 N–H and O–H groups in total. The lowest BCUT2D eigenvalue weighted by atomic mass is 9.83. The lowest BCUT2D eigenvalue weighted by molar-refractivity contribution is -0.122. The highest BCUT2D eigenvalue weighted by Crippen LogP contribution is 2.54. The quantitative estimate of drug-likeness (QED) is 0.219. The Kier molecular flexibility index (Phi) is 7.94. The number of aromatic nitrogens is 1. The predicted octanol–water partition coefficient (Wildman–Crippen LogP) is 7.18. The van der Waals surface area contributed by atoms with Crippen LogP contribution < -0.4 is 15.1 Å². The van der Waals surface area contributed by atoms with Gasteiger partial charge in [-0.25, -0.2) is 4.90 Å². The third-order valence-corrected chi connectivity index (χ3v) is 11.3. The predicted molar refractivity (Wildman–Crippen MR) is 169 cm³/mol. The van der Waals surface area contributed by atoms with E-state index in [9.17, 15) is 19.2 Å². The van der Waals surface area contributed by atoms with Crippen molar-refractivity contribution in [3.05, 3.63) is 106 Å². The van der Waals surface area contributed by atoms with Crippen LogP contribution in [0.1, 0.15) is 16.4 Å². The second-order valence-electron chi connectivity index (χ2n) is 9.38. The number of nitrogens with one attached hydrogen (secondary N) is 1. The second kappa shape index (κ2) is 11.3. The van der Waals surface area contributed by atoms with Gasteiger partial charge in [0.25, 0.3) is 0 Å². The second-order valence-corrected chi connectivity index (χ2v) is 14.2. The number of carbonyl (C=O) groups excluding carboxylic acids is 3. The molecule has 0 radical (unpaired) electrons. The molecule has 7 nitrogen and oxygen atoms in total. The molecule has 0 bridgehead atoms. The molecule has 2 aliphatic rings. The number of fused-ring (bicyclic) bond motifs is 2. The average molecular weight is 754 g/mol. The smallest absolute Gasteiger partial charge is 0.308 e. The first-order chi connectivity index (χ1) is 19.6. The van der Waals surface area contributed by atoms with Gasteiger partial charge in [-0.2, -0.15) is 0 Å². The molecular formula is C28H17Br2Cl2N3O4S2. The lowest BCUT2D eigenvalue weighted by Crippen LogP contribution is -2.33. The van der Waals surface area contributed by atoms with E-state index < -0.39 is 23.0 Å². The maximum atomic E-state index is 13.9. The Balaban J connectivity index is 1.40. The van der Waals surface area contributed by atoms with Crippen molar-refractivity contribution >= 4 is 107 Å². The summed E-state index contributed by atoms with van der Waals surface area (Å²) in [6, 6.07) is 19.2. The topological polar surface area (TPSA) is 88.5 Å². The lowest BCUT2D eigenvalue weighted by Gasteiger charge is -2.30. The molecule has 3 unspecified atom stereocenters. The van der Waals surface area contributed by atoms with E-state index in [-0.39, 0.29) is 28.3 Å². The van der Waals surface area contributed by atoms with E-state index in [4.69, 9.17) is 23.2 Å². The van der Waals surface area contributed by atoms with Crippen molar-refractivity contribution in [1.29, 1.82) is 0 Å². The van der Waals surface area contributed by atoms with Gasteiger partial charge in [-0.3, -0.25) is 23.7 Å². The summed E-state index contributed by atoms with van der Waals surface area (Å²) in [6.07, 6.45) is 0. The van der Waals surface area contributed by atoms with Gasteiger partial charge in [0.05, 0.1) is 26.7 Å². The molecule has 3 amide bonds. The maximum absolute atomic E-state index is 13.9. The van der Waals surface area contributed by atoms with Crippen molar-refractivity contribution in [3.63, 3.8) is 0 Å². The molecular weight excluding hydrogens is 737 g/mol. The van der Waals surface area contributed by atoms with Crippen LogP contribution in [0.15, 0.2) is 85.5 Å². The molecule has 2 aliphatic heterocycles. The number of benzene rings is 3. The normalized spacial score (nSPS) is 19.7. The molecule has 4 aromatic rings. The van der Waals surface area contributed by atoms with E-state index in [0.717, 1.165) is 25.8 Å². The number of carbonyl (C=O) groups is 3. The van der Waals surface area contributed by atoms with E-state index in [2.05, 4.69) is 37.2 Å². The summed E-state index contributed by atoms with van der Waals surface area (Å²) in [5.41, 5.74) is 1.72. The van der Waals surface area contributed by atoms with E-state index in [1.54, 1.807) is 36.4 Å². The zero-order valence-electron chi connectivity index (χ0n) is 20.6. The molecule has 0 aliphatic carbocycles. The number of thiazole rings is 1. The minimum Gasteiger partial charge on any atom is -0.324 e. The summed E-state index contributed by atoms with van der Waals surface area (Å²) >= 11 is 21.1. The van der Waals surface area contributed by atoms with Crippen LogP contribution in [0.4, 0.5) is 11.4 Å². The first-order valence-electron chi connectivity index (χ1n) is 12.2. The zero-order valence-corrected chi connectivity index (χ0v) is 27.0. The summed E-state index contributed by atoms with van der Waals surface area (Å²) in [7, 11) is 0. The Morgan fingerprint density at radius 1 is 0.878 bits per heavy atom. The summed E-state index contributed by atoms with van der Waals surface area (Å²) in [6.45, 7) is -0.277. The summed E-state index contributed by atoms with van der Waals surface area (Å²) < 4.78 is 3.06. The monoisotopic (exact) mass is 751 g/mol. The number of amides is 3. The highest BCUT2D eigenvalue weighted by molar-refractivity contribution is 9.10. The van der Waals surface area contributed by atoms with Crippen LogP contribution in [0.25, 0.3) is 0 Å². The number of halogens is 4. The van der Waals surface area contributed by atoms with Gasteiger partial charge < -0.3 is 5.32 Å². The SMILES string of the molecule is O=C(Cn1c2c(sc1=O)C(c1ccc(Br)cc1)C1C(=O)N(c3ccc(Br)cc3)C(=O)C1S2)Nc1ccc(Cl)c(Cl)c1. The number of anilines is 2. The highest BCUT2D eigenvalue weighted by atomic mass is 79.9. The van der Waals surface area contributed by atoms with Crippen LogP contribution >= 0.6 is 78.2 Å². The number of hydrogen-bond donors (Lipinski definition) is 1. The molecule has 6 rings (SSSR count). The number of imide groups is 1. The fraction of sp³-hybridized carbons (Fsp3) is 0.143. The van der Waals surface area contributed by atoms with E-state index in [1.165, 1.54) is 27.3 Å². The Bertz CT molecular complexity index is 1780. The van der Waals surface area contributed by atoms with E-state index >= 15 is 0 Å². The molecule has 1 aromatic heterocycles. The fourth-order valence-electron chi connectivity index (χ4n) is 5.05. The van der Waals surface area contributed by atoms with Crippen molar-refractivity contribution < 1.29 is 14.4 Å². The molecule has 13 heteroatoms. The molecule has 208 valence electrons. The first-order valence-corrected chi connectivity index (χ1v) is 16.2. The molecule has 0 spiro atoms. The minimum atomic E-state index is -0.773. The standard InChI is InChI=1S/C28H17Br2Cl2N3O4S2/c29-14-3-1-13(2-4-14)21-22-23(26(38)35(25(22)37)17-8-5-15(30)6-9-17)40-27-24(21)41-28(39)34(27)12-20(36)33-16-7-10-18(31)19(32)11-16/h1-11,21-23H,12H2,(H,33,36). The van der Waals surface area contributed by atoms with Gasteiger partial charge in [-0.1, -0.05) is 90.3 Å². The van der Waals surface area contributed by atoms with Crippen LogP contribution in [-0.4, -0.2) is 27.5 Å². The summed E-state index contributed by atoms with van der Waals surface area (Å²) in [5.74, 6) is -2.39. The van der Waals surface area contributed by atoms with E-state index in [0.29, 0.717) is 26.3 Å². The molecule has 3 aromatic carbocycles. The molecule has 1 saturated heterocycles. The van der Waals surface area contributed by atoms with Crippen LogP contribution in [0, 0.1) is 5.92 Å². The van der Waals surface area contributed by atoms with Crippen LogP contribution in [0.2, 0.25) is 10.0 Å². The van der Waals surface area contributed by atoms with E-state index in [1.807, 2.05) is 24.3 Å². The third kappa shape index (κ3) is 5.32. The van der Waals surface area contributed by atoms with Gasteiger partial charge in [0, 0.05) is 25.4 Å².